The molecule has 5 aromatic carbocycles. The molecule has 0 saturated carbocycles. The molecular formula is C45H46Cl2Zr. The second-order valence-electron chi connectivity index (χ2n) is 15.4. The topological polar surface area (TPSA) is 0 Å². The number of fused-ring (bicyclic) bond motifs is 4. The second kappa shape index (κ2) is 13.8. The molecule has 0 N–H and O–H groups in total. The van der Waals surface area contributed by atoms with E-state index < -0.39 is 21.3 Å². The van der Waals surface area contributed by atoms with Gasteiger partial charge in [-0.2, -0.15) is 0 Å². The molecule has 2 aliphatic carbocycles. The maximum atomic E-state index is 2.61. The summed E-state index contributed by atoms with van der Waals surface area (Å²) in [5, 5.41) is 0. The molecule has 0 fully saturated rings. The van der Waals surface area contributed by atoms with Crippen LogP contribution in [0.25, 0.3) is 16.7 Å². The first-order chi connectivity index (χ1) is 21.9. The van der Waals surface area contributed by atoms with Crippen LogP contribution in [0.2, 0.25) is 0 Å². The first-order valence-corrected chi connectivity index (χ1v) is 20.9. The van der Waals surface area contributed by atoms with E-state index in [1.165, 1.54) is 44.5 Å². The molecule has 0 amide bonds. The molecule has 244 valence electrons. The van der Waals surface area contributed by atoms with Gasteiger partial charge in [0.25, 0.3) is 0 Å². The van der Waals surface area contributed by atoms with Crippen LogP contribution in [0, 0.1) is 0 Å². The summed E-state index contributed by atoms with van der Waals surface area (Å²) in [6, 6.07) is 47.0. The monoisotopic (exact) mass is 746 g/mol. The zero-order valence-electron chi connectivity index (χ0n) is 29.5. The van der Waals surface area contributed by atoms with Crippen molar-refractivity contribution in [3.05, 3.63) is 171 Å². The molecule has 48 heavy (non-hydrogen) atoms. The Morgan fingerprint density at radius 3 is 1.38 bits per heavy atom. The second-order valence-corrected chi connectivity index (χ2v) is 21.7. The Labute approximate surface area is 308 Å². The maximum absolute atomic E-state index is 2.91. The minimum absolute atomic E-state index is 0. The normalized spacial score (nSPS) is 15.0. The Morgan fingerprint density at radius 1 is 0.479 bits per heavy atom. The summed E-state index contributed by atoms with van der Waals surface area (Å²) in [6.45, 7) is 19.0. The van der Waals surface area contributed by atoms with E-state index in [1.807, 2.05) is 0 Å². The minimum atomic E-state index is -2.91. The van der Waals surface area contributed by atoms with Gasteiger partial charge in [-0.05, 0) is 0 Å². The molecule has 3 heteroatoms. The molecule has 7 rings (SSSR count). The van der Waals surface area contributed by atoms with Gasteiger partial charge in [0, 0.05) is 0 Å². The Bertz CT molecular complexity index is 1920. The summed E-state index contributed by atoms with van der Waals surface area (Å²) < 4.78 is 2.45. The van der Waals surface area contributed by atoms with Crippen molar-refractivity contribution >= 4 is 8.78 Å². The molecule has 0 heterocycles. The third-order valence-electron chi connectivity index (χ3n) is 10.5. The minimum Gasteiger partial charge on any atom is -1.00 e. The first-order valence-electron chi connectivity index (χ1n) is 16.9. The Balaban J connectivity index is 0.00000225. The molecule has 0 aromatic heterocycles. The number of hydrogen-bond acceptors (Lipinski definition) is 0. The van der Waals surface area contributed by atoms with Gasteiger partial charge in [0.2, 0.25) is 0 Å². The van der Waals surface area contributed by atoms with Gasteiger partial charge >= 0.3 is 286 Å². The molecule has 1 unspecified atom stereocenters. The van der Waals surface area contributed by atoms with Crippen LogP contribution < -0.4 is 24.8 Å². The quantitative estimate of drug-likeness (QED) is 0.219. The van der Waals surface area contributed by atoms with Crippen molar-refractivity contribution in [1.82, 2.24) is 0 Å². The standard InChI is InChI=1S/C21H25.C13H10.C11H11.2ClH.Zr/c1-20(2,3)16-7-9-18-14(12-16)11-15-13-17(21(4,5)6)8-10-19(15)18;1-3-7-12(8-4-1)11-13-9-5-2-6-10-13;1-8-7-10-5-3-4-6-11(10)9(8)2;;;/h7-13H,1-6H3;1-10H;3-7H,1-2H3;2*1H;/q;;;;;+2/p-2. The van der Waals surface area contributed by atoms with Gasteiger partial charge in [-0.15, -0.1) is 0 Å². The Kier molecular flexibility index (Phi) is 10.5. The maximum Gasteiger partial charge on any atom is -1.00 e. The van der Waals surface area contributed by atoms with Crippen molar-refractivity contribution in [3.8, 4) is 11.1 Å². The van der Waals surface area contributed by atoms with Crippen LogP contribution in [0.15, 0.2) is 127 Å². The summed E-state index contributed by atoms with van der Waals surface area (Å²) in [7, 11) is 0. The summed E-state index contributed by atoms with van der Waals surface area (Å²) >= 11 is -2.91. The van der Waals surface area contributed by atoms with Crippen LogP contribution in [0.5, 0.6) is 0 Å². The Morgan fingerprint density at radius 2 is 0.917 bits per heavy atom. The van der Waals surface area contributed by atoms with Crippen LogP contribution in [0.3, 0.4) is 0 Å². The van der Waals surface area contributed by atoms with Crippen molar-refractivity contribution in [2.24, 2.45) is 0 Å². The average Bonchev–Trinajstić information content (AvgIpc) is 3.50. The summed E-state index contributed by atoms with van der Waals surface area (Å²) in [5.74, 6) is 0. The fraction of sp³-hybridized carbons (Fsp3) is 0.267. The van der Waals surface area contributed by atoms with Crippen LogP contribution in [0.4, 0.5) is 0 Å². The van der Waals surface area contributed by atoms with Gasteiger partial charge in [0.05, 0.1) is 0 Å². The molecule has 5 aromatic rings. The van der Waals surface area contributed by atoms with Gasteiger partial charge in [-0.3, -0.25) is 0 Å². The van der Waals surface area contributed by atoms with Gasteiger partial charge in [-0.25, -0.2) is 0 Å². The third kappa shape index (κ3) is 6.33. The summed E-state index contributed by atoms with van der Waals surface area (Å²) in [4.78, 5) is 0. The van der Waals surface area contributed by atoms with Crippen LogP contribution in [0.1, 0.15) is 107 Å². The molecule has 0 aliphatic heterocycles. The van der Waals surface area contributed by atoms with Crippen molar-refractivity contribution < 1.29 is 46.1 Å². The number of rotatable bonds is 4. The van der Waals surface area contributed by atoms with E-state index in [9.17, 15) is 0 Å². The van der Waals surface area contributed by atoms with Crippen LogP contribution in [-0.2, 0) is 32.1 Å². The molecule has 0 nitrogen and oxygen atoms in total. The van der Waals surface area contributed by atoms with E-state index in [2.05, 4.69) is 177 Å². The van der Waals surface area contributed by atoms with E-state index in [-0.39, 0.29) is 35.6 Å². The third-order valence-corrected chi connectivity index (χ3v) is 19.7. The van der Waals surface area contributed by atoms with Crippen LogP contribution in [-0.4, -0.2) is 3.21 Å². The van der Waals surface area contributed by atoms with Crippen LogP contribution >= 0.6 is 0 Å². The SMILES string of the molecule is CC1=C(C)[CH]([Zr+2](=[C](c2ccccc2)c2ccccc2)[CH]2c3cc(C(C)(C)C)ccc3-c3ccc(C(C)(C)C)cc32)c2ccccc21.[Cl-].[Cl-]. The zero-order valence-corrected chi connectivity index (χ0v) is 33.4. The first kappa shape index (κ1) is 36.5. The average molecular weight is 749 g/mol. The number of hydrogen-bond donors (Lipinski definition) is 0. The van der Waals surface area contributed by atoms with Crippen molar-refractivity contribution in [2.45, 2.75) is 73.5 Å². The van der Waals surface area contributed by atoms with E-state index in [4.69, 9.17) is 0 Å². The number of allylic oxidation sites excluding steroid dienone is 2. The van der Waals surface area contributed by atoms with E-state index in [0.29, 0.717) is 7.25 Å². The molecular weight excluding hydrogens is 703 g/mol. The van der Waals surface area contributed by atoms with Gasteiger partial charge in [-0.1, -0.05) is 0 Å². The predicted molar refractivity (Wildman–Crippen MR) is 195 cm³/mol. The van der Waals surface area contributed by atoms with E-state index in [1.54, 1.807) is 25.5 Å². The Hall–Kier alpha value is -2.83. The molecule has 1 atom stereocenters. The van der Waals surface area contributed by atoms with Crippen molar-refractivity contribution in [2.75, 3.05) is 0 Å². The zero-order chi connectivity index (χ0) is 32.4. The van der Waals surface area contributed by atoms with Gasteiger partial charge in [0.1, 0.15) is 0 Å². The van der Waals surface area contributed by atoms with E-state index in [0.717, 1.165) is 0 Å². The van der Waals surface area contributed by atoms with E-state index >= 15 is 0 Å². The van der Waals surface area contributed by atoms with Crippen molar-refractivity contribution in [1.29, 1.82) is 0 Å². The number of halogens is 2. The molecule has 2 aliphatic rings. The fourth-order valence-corrected chi connectivity index (χ4v) is 18.5. The largest absolute Gasteiger partial charge is 1.00 e. The predicted octanol–water partition coefficient (Wildman–Crippen LogP) is 5.79. The molecule has 0 saturated heterocycles. The number of benzene rings is 5. The summed E-state index contributed by atoms with van der Waals surface area (Å²) in [6.07, 6.45) is 0. The van der Waals surface area contributed by atoms with Gasteiger partial charge in [0.15, 0.2) is 0 Å². The molecule has 0 radical (unpaired) electrons. The molecule has 0 bridgehead atoms. The smallest absolute Gasteiger partial charge is 1.00 e. The molecule has 0 spiro atoms. The van der Waals surface area contributed by atoms with Gasteiger partial charge < -0.3 is 24.8 Å². The fourth-order valence-electron chi connectivity index (χ4n) is 7.85. The summed E-state index contributed by atoms with van der Waals surface area (Å²) in [5.41, 5.74) is 17.9. The van der Waals surface area contributed by atoms with Crippen molar-refractivity contribution in [3.63, 3.8) is 0 Å².